The zero-order chi connectivity index (χ0) is 17.6. The van der Waals surface area contributed by atoms with E-state index in [1.54, 1.807) is 0 Å². The molecule has 5 nitrogen and oxygen atoms in total. The molecular weight excluding hydrogens is 310 g/mol. The lowest BCUT2D eigenvalue weighted by atomic mass is 10.2. The lowest BCUT2D eigenvalue weighted by Crippen LogP contribution is -2.47. The Morgan fingerprint density at radius 2 is 1.76 bits per heavy atom. The van der Waals surface area contributed by atoms with Gasteiger partial charge in [0, 0.05) is 50.2 Å². The molecule has 1 aromatic heterocycles. The molecule has 0 radical (unpaired) electrons. The van der Waals surface area contributed by atoms with Gasteiger partial charge in [0.05, 0.1) is 0 Å². The maximum Gasteiger partial charge on any atom is 0.227 e. The number of unbranched alkanes of at least 4 members (excludes halogenated alkanes) is 1. The van der Waals surface area contributed by atoms with Crippen LogP contribution in [0.1, 0.15) is 31.0 Å². The van der Waals surface area contributed by atoms with Crippen LogP contribution < -0.4 is 15.1 Å². The zero-order valence-corrected chi connectivity index (χ0v) is 15.6. The molecule has 5 heteroatoms. The first-order valence-corrected chi connectivity index (χ1v) is 9.32. The molecule has 0 bridgehead atoms. The van der Waals surface area contributed by atoms with Crippen LogP contribution in [0.4, 0.5) is 17.5 Å². The van der Waals surface area contributed by atoms with E-state index in [9.17, 15) is 0 Å². The van der Waals surface area contributed by atoms with E-state index in [1.165, 1.54) is 17.7 Å². The largest absolute Gasteiger partial charge is 0.370 e. The molecule has 1 aliphatic heterocycles. The number of aromatic nitrogens is 2. The molecule has 3 rings (SSSR count). The predicted molar refractivity (Wildman–Crippen MR) is 106 cm³/mol. The van der Waals surface area contributed by atoms with Crippen molar-refractivity contribution >= 4 is 17.5 Å². The monoisotopic (exact) mass is 339 g/mol. The Balaban J connectivity index is 1.64. The first kappa shape index (κ1) is 17.5. The van der Waals surface area contributed by atoms with Crippen molar-refractivity contribution in [1.82, 2.24) is 9.97 Å². The summed E-state index contributed by atoms with van der Waals surface area (Å²) >= 11 is 0. The van der Waals surface area contributed by atoms with Crippen LogP contribution in [0, 0.1) is 13.8 Å². The van der Waals surface area contributed by atoms with E-state index in [2.05, 4.69) is 58.2 Å². The first-order valence-electron chi connectivity index (χ1n) is 9.32. The Kier molecular flexibility index (Phi) is 5.74. The van der Waals surface area contributed by atoms with Crippen molar-refractivity contribution < 1.29 is 0 Å². The summed E-state index contributed by atoms with van der Waals surface area (Å²) in [5.74, 6) is 1.79. The Hall–Kier alpha value is -2.30. The van der Waals surface area contributed by atoms with Gasteiger partial charge in [-0.25, -0.2) is 4.98 Å². The van der Waals surface area contributed by atoms with Gasteiger partial charge in [-0.15, -0.1) is 0 Å². The fourth-order valence-corrected chi connectivity index (χ4v) is 3.17. The molecule has 0 saturated carbocycles. The van der Waals surface area contributed by atoms with Gasteiger partial charge in [-0.05, 0) is 38.0 Å². The quantitative estimate of drug-likeness (QED) is 0.814. The average Bonchev–Trinajstić information content (AvgIpc) is 2.62. The van der Waals surface area contributed by atoms with Gasteiger partial charge in [0.1, 0.15) is 5.82 Å². The summed E-state index contributed by atoms with van der Waals surface area (Å²) in [4.78, 5) is 14.1. The number of nitrogens with zero attached hydrogens (tertiary/aromatic N) is 4. The summed E-state index contributed by atoms with van der Waals surface area (Å²) in [5, 5.41) is 3.42. The zero-order valence-electron chi connectivity index (χ0n) is 15.6. The minimum absolute atomic E-state index is 0.850. The standard InChI is InChI=1S/C20H29N5/c1-4-5-9-21-19-15-17(3)22-20(23-19)25-12-10-24(11-13-25)18-8-6-7-16(2)14-18/h6-8,14-15H,4-5,9-13H2,1-3H3,(H,21,22,23). The Labute approximate surface area is 151 Å². The molecule has 1 saturated heterocycles. The third kappa shape index (κ3) is 4.62. The van der Waals surface area contributed by atoms with Crippen LogP contribution in [0.2, 0.25) is 0 Å². The van der Waals surface area contributed by atoms with Gasteiger partial charge in [-0.2, -0.15) is 4.98 Å². The van der Waals surface area contributed by atoms with E-state index in [0.717, 1.165) is 56.6 Å². The van der Waals surface area contributed by atoms with E-state index in [0.29, 0.717) is 0 Å². The van der Waals surface area contributed by atoms with Crippen LogP contribution in [0.3, 0.4) is 0 Å². The van der Waals surface area contributed by atoms with Gasteiger partial charge in [-0.3, -0.25) is 0 Å². The third-order valence-corrected chi connectivity index (χ3v) is 4.61. The predicted octanol–water partition coefficient (Wildman–Crippen LogP) is 3.63. The van der Waals surface area contributed by atoms with Crippen molar-refractivity contribution in [2.45, 2.75) is 33.6 Å². The molecule has 1 aliphatic rings. The smallest absolute Gasteiger partial charge is 0.227 e. The van der Waals surface area contributed by atoms with Gasteiger partial charge in [-0.1, -0.05) is 25.5 Å². The first-order chi connectivity index (χ1) is 12.2. The van der Waals surface area contributed by atoms with Crippen molar-refractivity contribution in [3.63, 3.8) is 0 Å². The van der Waals surface area contributed by atoms with Gasteiger partial charge in [0.25, 0.3) is 0 Å². The molecule has 0 atom stereocenters. The van der Waals surface area contributed by atoms with Crippen molar-refractivity contribution in [3.8, 4) is 0 Å². The fourth-order valence-electron chi connectivity index (χ4n) is 3.17. The van der Waals surface area contributed by atoms with Crippen LogP contribution in [0.5, 0.6) is 0 Å². The number of benzene rings is 1. The number of hydrogen-bond donors (Lipinski definition) is 1. The topological polar surface area (TPSA) is 44.3 Å². The van der Waals surface area contributed by atoms with E-state index in [4.69, 9.17) is 4.98 Å². The van der Waals surface area contributed by atoms with Crippen molar-refractivity contribution in [1.29, 1.82) is 0 Å². The third-order valence-electron chi connectivity index (χ3n) is 4.61. The maximum absolute atomic E-state index is 4.73. The van der Waals surface area contributed by atoms with E-state index < -0.39 is 0 Å². The molecular formula is C20H29N5. The fraction of sp³-hybridized carbons (Fsp3) is 0.500. The average molecular weight is 339 g/mol. The Morgan fingerprint density at radius 3 is 2.48 bits per heavy atom. The highest BCUT2D eigenvalue weighted by atomic mass is 15.3. The molecule has 0 aliphatic carbocycles. The Morgan fingerprint density at radius 1 is 1.00 bits per heavy atom. The molecule has 0 amide bonds. The minimum Gasteiger partial charge on any atom is -0.370 e. The normalized spacial score (nSPS) is 14.7. The summed E-state index contributed by atoms with van der Waals surface area (Å²) in [7, 11) is 0. The number of hydrogen-bond acceptors (Lipinski definition) is 5. The molecule has 0 spiro atoms. The number of piperazine rings is 1. The van der Waals surface area contributed by atoms with Crippen LogP contribution in [-0.4, -0.2) is 42.7 Å². The molecule has 1 fully saturated rings. The van der Waals surface area contributed by atoms with Crippen LogP contribution in [0.25, 0.3) is 0 Å². The second-order valence-electron chi connectivity index (χ2n) is 6.79. The van der Waals surface area contributed by atoms with Gasteiger partial charge in [0.15, 0.2) is 0 Å². The SMILES string of the molecule is CCCCNc1cc(C)nc(N2CCN(c3cccc(C)c3)CC2)n1. The Bertz CT molecular complexity index is 692. The highest BCUT2D eigenvalue weighted by molar-refractivity contribution is 5.51. The second-order valence-corrected chi connectivity index (χ2v) is 6.79. The summed E-state index contributed by atoms with van der Waals surface area (Å²) in [6.45, 7) is 11.3. The second kappa shape index (κ2) is 8.19. The summed E-state index contributed by atoms with van der Waals surface area (Å²) in [6.07, 6.45) is 2.35. The molecule has 1 aromatic carbocycles. The number of rotatable bonds is 6. The summed E-state index contributed by atoms with van der Waals surface area (Å²) in [5.41, 5.74) is 3.64. The molecule has 2 aromatic rings. The maximum atomic E-state index is 4.73. The lowest BCUT2D eigenvalue weighted by Gasteiger charge is -2.36. The highest BCUT2D eigenvalue weighted by Crippen LogP contribution is 2.20. The lowest BCUT2D eigenvalue weighted by molar-refractivity contribution is 0.639. The minimum atomic E-state index is 0.850. The number of anilines is 3. The van der Waals surface area contributed by atoms with Crippen LogP contribution >= 0.6 is 0 Å². The summed E-state index contributed by atoms with van der Waals surface area (Å²) < 4.78 is 0. The van der Waals surface area contributed by atoms with Gasteiger partial charge < -0.3 is 15.1 Å². The molecule has 2 heterocycles. The van der Waals surface area contributed by atoms with Crippen molar-refractivity contribution in [3.05, 3.63) is 41.6 Å². The highest BCUT2D eigenvalue weighted by Gasteiger charge is 2.20. The molecule has 25 heavy (non-hydrogen) atoms. The van der Waals surface area contributed by atoms with E-state index >= 15 is 0 Å². The van der Waals surface area contributed by atoms with Gasteiger partial charge >= 0.3 is 0 Å². The van der Waals surface area contributed by atoms with Crippen molar-refractivity contribution in [2.75, 3.05) is 47.8 Å². The number of aryl methyl sites for hydroxylation is 2. The van der Waals surface area contributed by atoms with E-state index in [-0.39, 0.29) is 0 Å². The summed E-state index contributed by atoms with van der Waals surface area (Å²) in [6, 6.07) is 10.8. The van der Waals surface area contributed by atoms with Crippen LogP contribution in [0.15, 0.2) is 30.3 Å². The number of nitrogens with one attached hydrogen (secondary N) is 1. The molecule has 134 valence electrons. The molecule has 1 N–H and O–H groups in total. The molecule has 0 unspecified atom stereocenters. The van der Waals surface area contributed by atoms with Crippen LogP contribution in [-0.2, 0) is 0 Å². The van der Waals surface area contributed by atoms with E-state index in [1.807, 2.05) is 13.0 Å². The van der Waals surface area contributed by atoms with Gasteiger partial charge in [0.2, 0.25) is 5.95 Å². The van der Waals surface area contributed by atoms with Crippen molar-refractivity contribution in [2.24, 2.45) is 0 Å².